The topological polar surface area (TPSA) is 78.6 Å². The second-order valence-corrected chi connectivity index (χ2v) is 7.04. The van der Waals surface area contributed by atoms with Crippen molar-refractivity contribution in [1.82, 2.24) is 9.97 Å². The minimum Gasteiger partial charge on any atom is -0.368 e. The lowest BCUT2D eigenvalue weighted by Crippen LogP contribution is -2.47. The smallest absolute Gasteiger partial charge is 0.332 e. The molecule has 4 rings (SSSR count). The first-order chi connectivity index (χ1) is 13.1. The highest BCUT2D eigenvalue weighted by Crippen LogP contribution is 2.33. The number of hydrogen-bond acceptors (Lipinski definition) is 7. The average Bonchev–Trinajstić information content (AvgIpc) is 3.22. The maximum Gasteiger partial charge on any atom is 0.332 e. The summed E-state index contributed by atoms with van der Waals surface area (Å²) in [6, 6.07) is 10.4. The molecular weight excluding hydrogens is 344 g/mol. The number of benzene rings is 1. The van der Waals surface area contributed by atoms with Crippen molar-refractivity contribution in [3.8, 4) is 0 Å². The number of aryl methyl sites for hydroxylation is 1. The third-order valence-corrected chi connectivity index (χ3v) is 5.30. The minimum atomic E-state index is -0.347. The van der Waals surface area contributed by atoms with E-state index in [1.54, 1.807) is 6.92 Å². The zero-order chi connectivity index (χ0) is 18.8. The fourth-order valence-corrected chi connectivity index (χ4v) is 3.85. The predicted molar refractivity (Wildman–Crippen MR) is 106 cm³/mol. The highest BCUT2D eigenvalue weighted by molar-refractivity contribution is 5.63. The van der Waals surface area contributed by atoms with Crippen molar-refractivity contribution < 1.29 is 4.92 Å². The van der Waals surface area contributed by atoms with Crippen molar-refractivity contribution in [2.75, 3.05) is 54.0 Å². The van der Waals surface area contributed by atoms with Crippen LogP contribution >= 0.6 is 0 Å². The van der Waals surface area contributed by atoms with Crippen LogP contribution in [0.4, 0.5) is 23.1 Å². The number of nitrogens with zero attached hydrogens (tertiary/aromatic N) is 6. The zero-order valence-corrected chi connectivity index (χ0v) is 15.5. The van der Waals surface area contributed by atoms with E-state index in [0.29, 0.717) is 17.5 Å². The van der Waals surface area contributed by atoms with Gasteiger partial charge in [0.15, 0.2) is 0 Å². The second-order valence-electron chi connectivity index (χ2n) is 7.04. The number of aromatic nitrogens is 2. The van der Waals surface area contributed by atoms with Crippen LogP contribution in [0.3, 0.4) is 0 Å². The van der Waals surface area contributed by atoms with Crippen LogP contribution in [-0.2, 0) is 0 Å². The molecule has 27 heavy (non-hydrogen) atoms. The number of anilines is 3. The van der Waals surface area contributed by atoms with Gasteiger partial charge in [0, 0.05) is 45.0 Å². The van der Waals surface area contributed by atoms with Gasteiger partial charge in [-0.2, -0.15) is 4.98 Å². The molecule has 2 aliphatic heterocycles. The molecule has 2 aromatic rings. The molecule has 2 fully saturated rings. The summed E-state index contributed by atoms with van der Waals surface area (Å²) in [5, 5.41) is 11.6. The molecule has 1 aromatic heterocycles. The Morgan fingerprint density at radius 1 is 0.889 bits per heavy atom. The Kier molecular flexibility index (Phi) is 4.79. The Balaban J connectivity index is 1.56. The van der Waals surface area contributed by atoms with Crippen LogP contribution in [0.2, 0.25) is 0 Å². The molecule has 2 saturated heterocycles. The van der Waals surface area contributed by atoms with Gasteiger partial charge in [-0.05, 0) is 31.9 Å². The van der Waals surface area contributed by atoms with Crippen molar-refractivity contribution in [1.29, 1.82) is 0 Å². The van der Waals surface area contributed by atoms with Crippen molar-refractivity contribution >= 4 is 23.1 Å². The first kappa shape index (κ1) is 17.5. The van der Waals surface area contributed by atoms with Crippen molar-refractivity contribution in [3.05, 3.63) is 46.1 Å². The van der Waals surface area contributed by atoms with E-state index in [9.17, 15) is 10.1 Å². The maximum absolute atomic E-state index is 11.6. The van der Waals surface area contributed by atoms with Gasteiger partial charge in [-0.3, -0.25) is 10.1 Å². The molecule has 8 heteroatoms. The quantitative estimate of drug-likeness (QED) is 0.606. The third-order valence-electron chi connectivity index (χ3n) is 5.30. The van der Waals surface area contributed by atoms with E-state index < -0.39 is 0 Å². The molecule has 0 spiro atoms. The van der Waals surface area contributed by atoms with E-state index in [2.05, 4.69) is 31.9 Å². The largest absolute Gasteiger partial charge is 0.368 e. The van der Waals surface area contributed by atoms with Crippen LogP contribution in [-0.4, -0.2) is 54.2 Å². The molecule has 8 nitrogen and oxygen atoms in total. The van der Waals surface area contributed by atoms with Crippen LogP contribution in [0.1, 0.15) is 18.5 Å². The van der Waals surface area contributed by atoms with Gasteiger partial charge in [0.25, 0.3) is 0 Å². The standard InChI is InChI=1S/C19H24N6O2/c1-15-17(25(26)27)18(23-9-5-6-10-23)21-19(20-15)24-13-11-22(12-14-24)16-7-3-2-4-8-16/h2-4,7-8H,5-6,9-14H2,1H3. The van der Waals surface area contributed by atoms with Crippen LogP contribution in [0.15, 0.2) is 30.3 Å². The van der Waals surface area contributed by atoms with Gasteiger partial charge >= 0.3 is 5.69 Å². The van der Waals surface area contributed by atoms with Gasteiger partial charge in [0.05, 0.1) is 4.92 Å². The normalized spacial score (nSPS) is 17.4. The van der Waals surface area contributed by atoms with E-state index in [0.717, 1.165) is 52.1 Å². The summed E-state index contributed by atoms with van der Waals surface area (Å²) in [6.07, 6.45) is 2.09. The lowest BCUT2D eigenvalue weighted by Gasteiger charge is -2.36. The lowest BCUT2D eigenvalue weighted by atomic mass is 10.2. The lowest BCUT2D eigenvalue weighted by molar-refractivity contribution is -0.385. The van der Waals surface area contributed by atoms with Crippen LogP contribution in [0, 0.1) is 17.0 Å². The van der Waals surface area contributed by atoms with Crippen molar-refractivity contribution in [2.24, 2.45) is 0 Å². The van der Waals surface area contributed by atoms with E-state index in [-0.39, 0.29) is 10.6 Å². The summed E-state index contributed by atoms with van der Waals surface area (Å²) in [6.45, 7) is 6.70. The number of piperazine rings is 1. The summed E-state index contributed by atoms with van der Waals surface area (Å²) < 4.78 is 0. The molecule has 2 aliphatic rings. The fourth-order valence-electron chi connectivity index (χ4n) is 3.85. The van der Waals surface area contributed by atoms with Gasteiger partial charge in [-0.25, -0.2) is 4.98 Å². The summed E-state index contributed by atoms with van der Waals surface area (Å²) in [5.41, 5.74) is 1.71. The van der Waals surface area contributed by atoms with E-state index in [4.69, 9.17) is 0 Å². The van der Waals surface area contributed by atoms with E-state index in [1.807, 2.05) is 23.1 Å². The Morgan fingerprint density at radius 3 is 2.15 bits per heavy atom. The maximum atomic E-state index is 11.6. The van der Waals surface area contributed by atoms with Crippen LogP contribution in [0.5, 0.6) is 0 Å². The Morgan fingerprint density at radius 2 is 1.52 bits per heavy atom. The SMILES string of the molecule is Cc1nc(N2CCN(c3ccccc3)CC2)nc(N2CCCC2)c1[N+](=O)[O-]. The molecule has 142 valence electrons. The Bertz CT molecular complexity index is 814. The van der Waals surface area contributed by atoms with Crippen LogP contribution in [0.25, 0.3) is 0 Å². The molecule has 0 N–H and O–H groups in total. The molecule has 1 aromatic carbocycles. The average molecular weight is 368 g/mol. The number of nitro groups is 1. The summed E-state index contributed by atoms with van der Waals surface area (Å²) in [4.78, 5) is 26.8. The van der Waals surface area contributed by atoms with Gasteiger partial charge in [-0.1, -0.05) is 18.2 Å². The number of para-hydroxylation sites is 1. The third kappa shape index (κ3) is 3.51. The minimum absolute atomic E-state index is 0.0450. The van der Waals surface area contributed by atoms with Crippen molar-refractivity contribution in [2.45, 2.75) is 19.8 Å². The van der Waals surface area contributed by atoms with E-state index >= 15 is 0 Å². The van der Waals surface area contributed by atoms with Gasteiger partial charge in [0.2, 0.25) is 11.8 Å². The monoisotopic (exact) mass is 368 g/mol. The Labute approximate surface area is 158 Å². The molecule has 0 radical (unpaired) electrons. The highest BCUT2D eigenvalue weighted by Gasteiger charge is 2.30. The molecule has 0 atom stereocenters. The second kappa shape index (κ2) is 7.38. The fraction of sp³-hybridized carbons (Fsp3) is 0.474. The number of rotatable bonds is 4. The number of hydrogen-bond donors (Lipinski definition) is 0. The molecule has 3 heterocycles. The molecule has 0 unspecified atom stereocenters. The molecule has 0 amide bonds. The first-order valence-electron chi connectivity index (χ1n) is 9.46. The zero-order valence-electron chi connectivity index (χ0n) is 15.5. The molecule has 0 aliphatic carbocycles. The summed E-state index contributed by atoms with van der Waals surface area (Å²) in [7, 11) is 0. The Hall–Kier alpha value is -2.90. The van der Waals surface area contributed by atoms with Crippen molar-refractivity contribution in [3.63, 3.8) is 0 Å². The van der Waals surface area contributed by atoms with E-state index in [1.165, 1.54) is 5.69 Å². The molecule has 0 saturated carbocycles. The van der Waals surface area contributed by atoms with Crippen LogP contribution < -0.4 is 14.7 Å². The molecular formula is C19H24N6O2. The van der Waals surface area contributed by atoms with Gasteiger partial charge in [0.1, 0.15) is 5.69 Å². The predicted octanol–water partition coefficient (Wildman–Crippen LogP) is 2.62. The van der Waals surface area contributed by atoms with Gasteiger partial charge in [-0.15, -0.1) is 0 Å². The van der Waals surface area contributed by atoms with Gasteiger partial charge < -0.3 is 14.7 Å². The summed E-state index contributed by atoms with van der Waals surface area (Å²) in [5.74, 6) is 1.08. The summed E-state index contributed by atoms with van der Waals surface area (Å²) >= 11 is 0. The highest BCUT2D eigenvalue weighted by atomic mass is 16.6. The first-order valence-corrected chi connectivity index (χ1v) is 9.46. The molecule has 0 bridgehead atoms.